The summed E-state index contributed by atoms with van der Waals surface area (Å²) in [7, 11) is 1.67. The molecule has 3 fully saturated rings. The van der Waals surface area contributed by atoms with Crippen molar-refractivity contribution >= 4 is 56.9 Å². The zero-order chi connectivity index (χ0) is 35.5. The number of carbonyl (C=O) groups is 4. The summed E-state index contributed by atoms with van der Waals surface area (Å²) >= 11 is 10.3. The highest BCUT2D eigenvalue weighted by molar-refractivity contribution is 9.09. The van der Waals surface area contributed by atoms with E-state index in [0.29, 0.717) is 29.1 Å². The maximum atomic E-state index is 14.7. The van der Waals surface area contributed by atoms with Gasteiger partial charge < -0.3 is 29.3 Å². The van der Waals surface area contributed by atoms with Crippen LogP contribution in [0.15, 0.2) is 79.9 Å². The molecular weight excluding hydrogens is 714 g/mol. The third-order valence-electron chi connectivity index (χ3n) is 9.95. The molecule has 262 valence electrons. The Hall–Kier alpha value is -3.51. The van der Waals surface area contributed by atoms with Crippen LogP contribution in [0.25, 0.3) is 0 Å². The van der Waals surface area contributed by atoms with Gasteiger partial charge in [-0.2, -0.15) is 0 Å². The van der Waals surface area contributed by atoms with Gasteiger partial charge in [-0.15, -0.1) is 13.2 Å². The maximum absolute atomic E-state index is 14.7. The minimum atomic E-state index is -1.35. The van der Waals surface area contributed by atoms with E-state index in [1.165, 1.54) is 9.80 Å². The quantitative estimate of drug-likeness (QED) is 0.153. The number of hydrogen-bond acceptors (Lipinski definition) is 7. The van der Waals surface area contributed by atoms with Gasteiger partial charge in [0.25, 0.3) is 5.91 Å². The van der Waals surface area contributed by atoms with Gasteiger partial charge in [0.05, 0.1) is 34.7 Å². The zero-order valence-corrected chi connectivity index (χ0v) is 30.1. The van der Waals surface area contributed by atoms with Crippen LogP contribution in [0.2, 0.25) is 5.02 Å². The topological polar surface area (TPSA) is 117 Å². The number of carbonyl (C=O) groups excluding carboxylic acids is 4. The zero-order valence-electron chi connectivity index (χ0n) is 27.8. The molecule has 2 aromatic carbocycles. The van der Waals surface area contributed by atoms with Gasteiger partial charge in [0, 0.05) is 38.0 Å². The van der Waals surface area contributed by atoms with Crippen LogP contribution in [0, 0.1) is 11.8 Å². The van der Waals surface area contributed by atoms with E-state index in [1.54, 1.807) is 48.4 Å². The van der Waals surface area contributed by atoms with Crippen LogP contribution in [0.1, 0.15) is 44.3 Å². The highest BCUT2D eigenvalue weighted by Crippen LogP contribution is 2.60. The first-order valence-electron chi connectivity index (χ1n) is 16.5. The molecule has 2 aromatic rings. The number of anilines is 1. The Morgan fingerprint density at radius 3 is 2.51 bits per heavy atom. The summed E-state index contributed by atoms with van der Waals surface area (Å²) in [6, 6.07) is 14.4. The molecule has 3 amide bonds. The van der Waals surface area contributed by atoms with Crippen LogP contribution in [0.5, 0.6) is 0 Å². The number of halogens is 2. The summed E-state index contributed by atoms with van der Waals surface area (Å²) in [5.74, 6) is -3.65. The predicted octanol–water partition coefficient (Wildman–Crippen LogP) is 5.09. The van der Waals surface area contributed by atoms with E-state index in [2.05, 4.69) is 29.1 Å². The number of nitrogens with zero attached hydrogens (tertiary/aromatic N) is 3. The van der Waals surface area contributed by atoms with Gasteiger partial charge in [-0.25, -0.2) is 0 Å². The van der Waals surface area contributed by atoms with E-state index in [-0.39, 0.29) is 43.3 Å². The Bertz CT molecular complexity index is 1580. The molecule has 10 nitrogen and oxygen atoms in total. The number of aliphatic hydroxyl groups excluding tert-OH is 1. The molecule has 0 radical (unpaired) electrons. The van der Waals surface area contributed by atoms with Gasteiger partial charge >= 0.3 is 5.97 Å². The van der Waals surface area contributed by atoms with Crippen LogP contribution in [-0.2, 0) is 28.7 Å². The normalized spacial score (nSPS) is 26.5. The van der Waals surface area contributed by atoms with Crippen molar-refractivity contribution in [1.82, 2.24) is 9.80 Å². The fourth-order valence-electron chi connectivity index (χ4n) is 7.54. The lowest BCUT2D eigenvalue weighted by Crippen LogP contribution is -2.57. The summed E-state index contributed by atoms with van der Waals surface area (Å²) in [6.45, 7) is 9.35. The Morgan fingerprint density at radius 1 is 1.16 bits per heavy atom. The smallest absolute Gasteiger partial charge is 0.313 e. The van der Waals surface area contributed by atoms with Crippen molar-refractivity contribution in [1.29, 1.82) is 0 Å². The van der Waals surface area contributed by atoms with E-state index in [9.17, 15) is 24.3 Å². The number of ether oxygens (including phenoxy) is 2. The average molecular weight is 757 g/mol. The van der Waals surface area contributed by atoms with Gasteiger partial charge in [0.2, 0.25) is 11.8 Å². The first-order valence-corrected chi connectivity index (χ1v) is 17.8. The summed E-state index contributed by atoms with van der Waals surface area (Å²) in [5.41, 5.74) is -0.206. The monoisotopic (exact) mass is 755 g/mol. The third-order valence-corrected chi connectivity index (χ3v) is 11.1. The first kappa shape index (κ1) is 36.8. The maximum Gasteiger partial charge on any atom is 0.313 e. The number of esters is 1. The SMILES string of the molecule is C=CCCC(=O)N(C)[C@H](C)[C@H](OC(=O)[C@@H]1[C@H]2O[C@@]3(CC2Br)[C@H](C(=O)N(CC=C)c2ccccc2Cl)N(CCCO)C(=O)[C@@H]13)c1ccccc1. The van der Waals surface area contributed by atoms with Gasteiger partial charge in [0.15, 0.2) is 0 Å². The number of likely N-dealkylation sites (N-methyl/N-ethyl adjacent to an activating group) is 1. The Balaban J connectivity index is 1.51. The van der Waals surface area contributed by atoms with Crippen LogP contribution in [0.3, 0.4) is 0 Å². The van der Waals surface area contributed by atoms with E-state index in [4.69, 9.17) is 21.1 Å². The van der Waals surface area contributed by atoms with Crippen molar-refractivity contribution in [3.05, 3.63) is 90.5 Å². The van der Waals surface area contributed by atoms with Gasteiger partial charge in [-0.3, -0.25) is 19.2 Å². The second-order valence-electron chi connectivity index (χ2n) is 12.8. The van der Waals surface area contributed by atoms with Crippen molar-refractivity contribution < 1.29 is 33.8 Å². The van der Waals surface area contributed by atoms with Crippen LogP contribution < -0.4 is 4.90 Å². The van der Waals surface area contributed by atoms with E-state index in [1.807, 2.05) is 37.3 Å². The molecule has 2 bridgehead atoms. The van der Waals surface area contributed by atoms with Gasteiger partial charge in [0.1, 0.15) is 17.7 Å². The number of allylic oxidation sites excluding steroid dienone is 1. The van der Waals surface area contributed by atoms with Crippen molar-refractivity contribution in [2.75, 3.05) is 31.6 Å². The van der Waals surface area contributed by atoms with Gasteiger partial charge in [-0.1, -0.05) is 82.1 Å². The van der Waals surface area contributed by atoms with E-state index in [0.717, 1.165) is 0 Å². The number of aliphatic hydroxyl groups is 1. The minimum Gasteiger partial charge on any atom is -0.455 e. The molecule has 8 atom stereocenters. The number of para-hydroxylation sites is 1. The summed E-state index contributed by atoms with van der Waals surface area (Å²) < 4.78 is 13.0. The molecule has 0 aromatic heterocycles. The van der Waals surface area contributed by atoms with Crippen molar-refractivity contribution in [3.63, 3.8) is 0 Å². The molecule has 5 rings (SSSR count). The molecule has 1 N–H and O–H groups in total. The second-order valence-corrected chi connectivity index (χ2v) is 14.4. The number of likely N-dealkylation sites (tertiary alicyclic amines) is 1. The molecule has 0 aliphatic carbocycles. The lowest BCUT2D eigenvalue weighted by atomic mass is 9.70. The molecule has 3 aliphatic heterocycles. The fraction of sp³-hybridized carbons (Fsp3) is 0.459. The summed E-state index contributed by atoms with van der Waals surface area (Å²) in [4.78, 5) is 60.7. The highest BCUT2D eigenvalue weighted by Gasteiger charge is 2.77. The third kappa shape index (κ3) is 6.82. The number of amides is 3. The Labute approximate surface area is 300 Å². The second kappa shape index (κ2) is 15.6. The number of fused-ring (bicyclic) bond motifs is 1. The number of hydrogen-bond donors (Lipinski definition) is 1. The molecule has 12 heteroatoms. The lowest BCUT2D eigenvalue weighted by Gasteiger charge is -2.37. The molecule has 3 aliphatic rings. The first-order chi connectivity index (χ1) is 23.5. The average Bonchev–Trinajstić information content (AvgIpc) is 3.70. The lowest BCUT2D eigenvalue weighted by molar-refractivity contribution is -0.164. The number of alkyl halides is 1. The molecule has 1 spiro atoms. The highest BCUT2D eigenvalue weighted by atomic mass is 79.9. The molecular formula is C37H43BrClN3O7. The minimum absolute atomic E-state index is 0.0818. The summed E-state index contributed by atoms with van der Waals surface area (Å²) in [6.07, 6.45) is 2.96. The molecule has 0 saturated carbocycles. The van der Waals surface area contributed by atoms with Crippen molar-refractivity contribution in [2.45, 2.75) is 67.3 Å². The summed E-state index contributed by atoms with van der Waals surface area (Å²) in [5, 5.41) is 10.1. The van der Waals surface area contributed by atoms with Crippen LogP contribution in [0.4, 0.5) is 5.69 Å². The van der Waals surface area contributed by atoms with Crippen LogP contribution in [-0.4, -0.2) is 94.0 Å². The molecule has 1 unspecified atom stereocenters. The standard InChI is InChI=1S/C37H43BrClN3O7/c1-5-7-18-28(44)40(4)23(3)31(24-14-9-8-10-15-24)48-36(47)29-30-34(45)42(20-13-21-43)33(37(30)22-25(38)32(29)49-37)35(46)41(19-6-2)27-17-12-11-16-26(27)39/h5-6,8-12,14-17,23,25,29-33,43H,1-2,7,13,18-22H2,3-4H3/t23-,25?,29+,30-,31+,32+,33+,37-/m1/s1. The number of rotatable bonds is 15. The van der Waals surface area contributed by atoms with E-state index >= 15 is 0 Å². The molecule has 49 heavy (non-hydrogen) atoms. The van der Waals surface area contributed by atoms with Crippen molar-refractivity contribution in [2.24, 2.45) is 11.8 Å². The van der Waals surface area contributed by atoms with E-state index < -0.39 is 59.5 Å². The van der Waals surface area contributed by atoms with Gasteiger partial charge in [-0.05, 0) is 43.9 Å². The van der Waals surface area contributed by atoms with Crippen molar-refractivity contribution in [3.8, 4) is 0 Å². The Morgan fingerprint density at radius 2 is 1.86 bits per heavy atom. The predicted molar refractivity (Wildman–Crippen MR) is 190 cm³/mol. The fourth-order valence-corrected chi connectivity index (χ4v) is 8.72. The largest absolute Gasteiger partial charge is 0.455 e. The molecule has 3 heterocycles. The molecule has 3 saturated heterocycles. The Kier molecular flexibility index (Phi) is 11.7. The number of benzene rings is 2. The van der Waals surface area contributed by atoms with Crippen LogP contribution >= 0.6 is 27.5 Å².